The molecule has 2 aromatic carbocycles. The molecule has 0 spiro atoms. The molecule has 2 fully saturated rings. The molecule has 2 aliphatic heterocycles. The molecule has 238 valence electrons. The van der Waals surface area contributed by atoms with Crippen LogP contribution in [0.5, 0.6) is 0 Å². The number of imidazole rings is 2. The monoisotopic (exact) mass is 622 g/mol. The van der Waals surface area contributed by atoms with Crippen LogP contribution in [0.4, 0.5) is 8.78 Å². The van der Waals surface area contributed by atoms with Gasteiger partial charge in [-0.3, -0.25) is 14.4 Å². The van der Waals surface area contributed by atoms with Gasteiger partial charge in [-0.25, -0.2) is 18.7 Å². The van der Waals surface area contributed by atoms with E-state index < -0.39 is 30.2 Å². The summed E-state index contributed by atoms with van der Waals surface area (Å²) in [6.45, 7) is 1.25. The number of aliphatic hydroxyl groups excluding tert-OH is 1. The molecule has 2 aliphatic rings. The van der Waals surface area contributed by atoms with Crippen molar-refractivity contribution in [2.24, 2.45) is 0 Å². The number of carbonyl (C=O) groups excluding carboxylic acids is 3. The first-order valence-electron chi connectivity index (χ1n) is 15.2. The number of rotatable bonds is 11. The van der Waals surface area contributed by atoms with Gasteiger partial charge in [0.05, 0.1) is 35.2 Å². The summed E-state index contributed by atoms with van der Waals surface area (Å²) in [5.74, 6) is -0.833. The molecule has 4 aromatic rings. The number of benzene rings is 2. The van der Waals surface area contributed by atoms with Crippen LogP contribution in [0.3, 0.4) is 0 Å². The Morgan fingerprint density at radius 1 is 0.956 bits per heavy atom. The fraction of sp³-hybridized carbons (Fsp3) is 0.452. The lowest BCUT2D eigenvalue weighted by Crippen LogP contribution is -2.53. The summed E-state index contributed by atoms with van der Waals surface area (Å²) in [5, 5.41) is 15.3. The van der Waals surface area contributed by atoms with E-state index in [1.807, 2.05) is 9.13 Å². The molecule has 6 rings (SSSR count). The van der Waals surface area contributed by atoms with Crippen LogP contribution in [0, 0.1) is 11.6 Å². The van der Waals surface area contributed by atoms with Crippen molar-refractivity contribution in [3.8, 4) is 11.6 Å². The number of carbonyl (C=O) groups is 3. The molecule has 3 N–H and O–H groups in total. The number of halogens is 2. The first-order chi connectivity index (χ1) is 21.8. The number of aliphatic hydroxyl groups is 1. The van der Waals surface area contributed by atoms with Crippen molar-refractivity contribution in [2.75, 3.05) is 33.3 Å². The lowest BCUT2D eigenvalue weighted by atomic mass is 10.2. The summed E-state index contributed by atoms with van der Waals surface area (Å²) in [6, 6.07) is 7.19. The van der Waals surface area contributed by atoms with E-state index in [-0.39, 0.29) is 31.1 Å². The first-order valence-corrected chi connectivity index (χ1v) is 15.2. The number of likely N-dealkylation sites (N-methyl/N-ethyl adjacent to an activating group) is 1. The summed E-state index contributed by atoms with van der Waals surface area (Å²) in [4.78, 5) is 50.5. The maximum absolute atomic E-state index is 14.4. The van der Waals surface area contributed by atoms with Gasteiger partial charge in [0, 0.05) is 50.4 Å². The second kappa shape index (κ2) is 12.9. The molecule has 12 nitrogen and oxygen atoms in total. The standard InChI is InChI=1S/C31H36F2N8O4/c1-34-14-28(44)35-25(17-42)31(45)39-11-3-5-22(39)16-41-27-9-7-20(33)13-24(27)37-30(41)29-36-23-12-19(32)6-8-26(23)40(29)15-21-4-2-10-38(21)18-43/h6-9,12-13,18,21-22,25,34,42H,2-5,10-11,14-17H2,1H3,(H,35,44). The van der Waals surface area contributed by atoms with Crippen LogP contribution in [0.1, 0.15) is 25.7 Å². The summed E-state index contributed by atoms with van der Waals surface area (Å²) < 4.78 is 32.6. The van der Waals surface area contributed by atoms with Crippen molar-refractivity contribution in [1.29, 1.82) is 0 Å². The van der Waals surface area contributed by atoms with E-state index in [0.717, 1.165) is 25.7 Å². The SMILES string of the molecule is CNCC(=O)NC(CO)C(=O)N1CCCC1Cn1c(-c2nc3cc(F)ccc3n2CC2CCCN2C=O)nc2cc(F)ccc21. The third-order valence-corrected chi connectivity index (χ3v) is 8.78. The highest BCUT2D eigenvalue weighted by Crippen LogP contribution is 2.32. The minimum Gasteiger partial charge on any atom is -0.394 e. The van der Waals surface area contributed by atoms with Gasteiger partial charge >= 0.3 is 0 Å². The van der Waals surface area contributed by atoms with E-state index in [1.54, 1.807) is 29.0 Å². The summed E-state index contributed by atoms with van der Waals surface area (Å²) in [7, 11) is 1.61. The smallest absolute Gasteiger partial charge is 0.247 e. The van der Waals surface area contributed by atoms with Gasteiger partial charge in [0.25, 0.3) is 0 Å². The zero-order valence-corrected chi connectivity index (χ0v) is 25.0. The first kappa shape index (κ1) is 30.6. The Kier molecular flexibility index (Phi) is 8.76. The van der Waals surface area contributed by atoms with Gasteiger partial charge in [0.2, 0.25) is 18.2 Å². The van der Waals surface area contributed by atoms with Gasteiger partial charge in [-0.1, -0.05) is 0 Å². The molecule has 4 heterocycles. The molecule has 14 heteroatoms. The normalized spacial score (nSPS) is 19.1. The van der Waals surface area contributed by atoms with Crippen LogP contribution in [-0.4, -0.2) is 104 Å². The molecule has 3 amide bonds. The number of nitrogens with one attached hydrogen (secondary N) is 2. The number of hydrogen-bond donors (Lipinski definition) is 3. The maximum atomic E-state index is 14.4. The van der Waals surface area contributed by atoms with E-state index in [9.17, 15) is 28.3 Å². The minimum atomic E-state index is -1.09. The van der Waals surface area contributed by atoms with Crippen molar-refractivity contribution in [3.05, 3.63) is 48.0 Å². The third kappa shape index (κ3) is 5.99. The molecule has 0 aliphatic carbocycles. The Labute approximate surface area is 258 Å². The highest BCUT2D eigenvalue weighted by molar-refractivity contribution is 5.89. The van der Waals surface area contributed by atoms with Gasteiger partial charge in [-0.05, 0) is 57.0 Å². The van der Waals surface area contributed by atoms with Gasteiger partial charge in [-0.15, -0.1) is 0 Å². The maximum Gasteiger partial charge on any atom is 0.247 e. The molecule has 0 bridgehead atoms. The molecule has 0 saturated carbocycles. The molecular formula is C31H36F2N8O4. The highest BCUT2D eigenvalue weighted by atomic mass is 19.1. The molecule has 2 aromatic heterocycles. The van der Waals surface area contributed by atoms with E-state index in [1.165, 1.54) is 24.3 Å². The number of nitrogens with zero attached hydrogens (tertiary/aromatic N) is 6. The Hall–Kier alpha value is -4.43. The Bertz CT molecular complexity index is 1740. The van der Waals surface area contributed by atoms with Crippen LogP contribution in [0.2, 0.25) is 0 Å². The summed E-state index contributed by atoms with van der Waals surface area (Å²) in [6.07, 6.45) is 3.90. The predicted octanol–water partition coefficient (Wildman–Crippen LogP) is 1.64. The third-order valence-electron chi connectivity index (χ3n) is 8.78. The summed E-state index contributed by atoms with van der Waals surface area (Å²) in [5.41, 5.74) is 2.13. The minimum absolute atomic E-state index is 0.00448. The van der Waals surface area contributed by atoms with Gasteiger partial charge in [0.15, 0.2) is 11.6 Å². The zero-order chi connectivity index (χ0) is 31.7. The quantitative estimate of drug-likeness (QED) is 0.216. The van der Waals surface area contributed by atoms with Crippen LogP contribution < -0.4 is 10.6 Å². The van der Waals surface area contributed by atoms with Crippen molar-refractivity contribution in [3.63, 3.8) is 0 Å². The number of amides is 3. The fourth-order valence-corrected chi connectivity index (χ4v) is 6.64. The van der Waals surface area contributed by atoms with Crippen molar-refractivity contribution in [1.82, 2.24) is 39.5 Å². The zero-order valence-electron chi connectivity index (χ0n) is 25.0. The Balaban J connectivity index is 1.41. The Morgan fingerprint density at radius 3 is 2.11 bits per heavy atom. The van der Waals surface area contributed by atoms with E-state index in [4.69, 9.17) is 9.97 Å². The number of likely N-dealkylation sites (tertiary alicyclic amines) is 2. The van der Waals surface area contributed by atoms with Crippen LogP contribution in [-0.2, 0) is 27.5 Å². The van der Waals surface area contributed by atoms with Crippen molar-refractivity contribution < 1.29 is 28.3 Å². The number of aromatic nitrogens is 4. The van der Waals surface area contributed by atoms with Gasteiger partial charge in [0.1, 0.15) is 17.7 Å². The average molecular weight is 623 g/mol. The van der Waals surface area contributed by atoms with Crippen LogP contribution in [0.15, 0.2) is 36.4 Å². The van der Waals surface area contributed by atoms with Gasteiger partial charge < -0.3 is 34.7 Å². The Morgan fingerprint density at radius 2 is 1.53 bits per heavy atom. The highest BCUT2D eigenvalue weighted by Gasteiger charge is 2.35. The lowest BCUT2D eigenvalue weighted by molar-refractivity contribution is -0.138. The second-order valence-electron chi connectivity index (χ2n) is 11.7. The van der Waals surface area contributed by atoms with Crippen LogP contribution in [0.25, 0.3) is 33.7 Å². The molecule has 3 unspecified atom stereocenters. The average Bonchev–Trinajstić information content (AvgIpc) is 3.81. The summed E-state index contributed by atoms with van der Waals surface area (Å²) >= 11 is 0. The fourth-order valence-electron chi connectivity index (χ4n) is 6.64. The van der Waals surface area contributed by atoms with E-state index in [2.05, 4.69) is 10.6 Å². The van der Waals surface area contributed by atoms with E-state index in [0.29, 0.717) is 59.8 Å². The van der Waals surface area contributed by atoms with Gasteiger partial charge in [-0.2, -0.15) is 0 Å². The second-order valence-corrected chi connectivity index (χ2v) is 11.7. The van der Waals surface area contributed by atoms with Crippen molar-refractivity contribution in [2.45, 2.75) is 56.9 Å². The van der Waals surface area contributed by atoms with Crippen LogP contribution >= 0.6 is 0 Å². The molecule has 3 atom stereocenters. The van der Waals surface area contributed by atoms with Crippen molar-refractivity contribution >= 4 is 40.3 Å². The number of fused-ring (bicyclic) bond motifs is 2. The molecular weight excluding hydrogens is 586 g/mol. The molecule has 2 saturated heterocycles. The molecule has 45 heavy (non-hydrogen) atoms. The largest absolute Gasteiger partial charge is 0.394 e. The molecule has 0 radical (unpaired) electrons. The lowest BCUT2D eigenvalue weighted by Gasteiger charge is -2.29. The predicted molar refractivity (Wildman–Crippen MR) is 162 cm³/mol. The van der Waals surface area contributed by atoms with E-state index >= 15 is 0 Å². The topological polar surface area (TPSA) is 138 Å². The number of hydrogen-bond acceptors (Lipinski definition) is 7.